The Bertz CT molecular complexity index is 2400. The molecule has 0 atom stereocenters. The Morgan fingerprint density at radius 2 is 0.840 bits per heavy atom. The van der Waals surface area contributed by atoms with Gasteiger partial charge in [0.15, 0.2) is 0 Å². The molecule has 7 nitrogen and oxygen atoms in total. The van der Waals surface area contributed by atoms with Crippen LogP contribution in [-0.4, -0.2) is 0 Å². The van der Waals surface area contributed by atoms with E-state index in [1.54, 1.807) is 0 Å². The quantitative estimate of drug-likeness (QED) is 0.272. The Morgan fingerprint density at radius 1 is 0.440 bits per heavy atom. The van der Waals surface area contributed by atoms with E-state index < -0.39 is 107 Å². The zero-order chi connectivity index (χ0) is 38.1. The number of benzene rings is 3. The highest BCUT2D eigenvalue weighted by atomic mass is 19.4. The fraction of sp³-hybridized carbons (Fsp3) is 0.129. The van der Waals surface area contributed by atoms with E-state index in [0.29, 0.717) is 0 Å². The van der Waals surface area contributed by atoms with Crippen LogP contribution in [0.4, 0.5) is 52.7 Å². The minimum absolute atomic E-state index is 0.146. The first-order chi connectivity index (χ1) is 23.0. The number of alkyl halides is 12. The highest BCUT2D eigenvalue weighted by Gasteiger charge is 2.47. The van der Waals surface area contributed by atoms with Crippen molar-refractivity contribution in [1.29, 1.82) is 36.8 Å². The molecule has 0 aliphatic heterocycles. The van der Waals surface area contributed by atoms with Crippen molar-refractivity contribution < 1.29 is 52.7 Å². The molecule has 0 heterocycles. The second-order valence-corrected chi connectivity index (χ2v) is 9.51. The number of rotatable bonds is 2. The van der Waals surface area contributed by atoms with Crippen LogP contribution in [0.2, 0.25) is 0 Å². The zero-order valence-corrected chi connectivity index (χ0v) is 23.6. The van der Waals surface area contributed by atoms with Crippen molar-refractivity contribution in [2.24, 2.45) is 0 Å². The second-order valence-electron chi connectivity index (χ2n) is 9.51. The normalized spacial score (nSPS) is 12.9. The van der Waals surface area contributed by atoms with Crippen LogP contribution in [0.15, 0.2) is 30.3 Å². The number of halogens is 12. The average molecular weight is 703 g/mol. The van der Waals surface area contributed by atoms with Crippen LogP contribution < -0.4 is 10.4 Å². The molecule has 248 valence electrons. The molecule has 0 unspecified atom stereocenters. The molecule has 0 saturated heterocycles. The molecule has 3 rings (SSSR count). The third-order valence-corrected chi connectivity index (χ3v) is 6.67. The lowest BCUT2D eigenvalue weighted by molar-refractivity contribution is -0.162. The summed E-state index contributed by atoms with van der Waals surface area (Å²) >= 11 is 0. The van der Waals surface area contributed by atoms with E-state index >= 15 is 0 Å². The molecule has 0 saturated carbocycles. The van der Waals surface area contributed by atoms with Gasteiger partial charge in [-0.1, -0.05) is 0 Å². The second kappa shape index (κ2) is 12.9. The summed E-state index contributed by atoms with van der Waals surface area (Å²) in [5.74, 6) is 0. The van der Waals surface area contributed by atoms with Crippen LogP contribution in [-0.2, 0) is 24.7 Å². The van der Waals surface area contributed by atoms with Crippen LogP contribution in [0.25, 0.3) is 11.1 Å². The molecule has 0 amide bonds. The monoisotopic (exact) mass is 703 g/mol. The maximum absolute atomic E-state index is 14.2. The summed E-state index contributed by atoms with van der Waals surface area (Å²) in [6.07, 6.45) is -23.5. The van der Waals surface area contributed by atoms with Crippen LogP contribution in [0, 0.1) is 79.3 Å². The molecule has 0 radical (unpaired) electrons. The van der Waals surface area contributed by atoms with Gasteiger partial charge in [-0.3, -0.25) is 0 Å². The van der Waals surface area contributed by atoms with Crippen LogP contribution in [0.3, 0.4) is 0 Å². The van der Waals surface area contributed by atoms with Gasteiger partial charge in [0.1, 0.15) is 24.3 Å². The molecule has 0 N–H and O–H groups in total. The SMILES string of the molecule is N#C/C(c1cc(C#N)cc(C(F)(F)F)c1C(F)(F)F)=c1/cc(C#N)/c(=C(\C#N)c2cc(C#N)cc(C(F)(F)F)c2C(F)(F)F)c(C#N)c1C#N. The molecule has 50 heavy (non-hydrogen) atoms. The Balaban J connectivity index is 2.89. The van der Waals surface area contributed by atoms with Gasteiger partial charge >= 0.3 is 24.7 Å². The molecule has 0 aliphatic carbocycles. The zero-order valence-electron chi connectivity index (χ0n) is 23.6. The Kier molecular flexibility index (Phi) is 9.65. The Hall–Kier alpha value is -7.01. The summed E-state index contributed by atoms with van der Waals surface area (Å²) in [6, 6.07) is 8.28. The van der Waals surface area contributed by atoms with E-state index in [9.17, 15) is 89.5 Å². The number of hydrogen-bond acceptors (Lipinski definition) is 7. The van der Waals surface area contributed by atoms with Crippen molar-refractivity contribution >= 4 is 11.1 Å². The van der Waals surface area contributed by atoms with E-state index in [-0.39, 0.29) is 30.3 Å². The standard InChI is InChI=1S/C31H5F12N7/c32-28(33,34)23-3-13(6-44)1-17(26(23)30(38,39)40)19(9-47)16-5-15(8-46)25(22(12-50)20(16)10-48)21(11-49)18-2-14(7-45)4-24(29(35,36)37)27(18)31(41,42)43/h1-5H/b19-16+,25-21-. The summed E-state index contributed by atoms with van der Waals surface area (Å²) in [4.78, 5) is 0. The van der Waals surface area contributed by atoms with Crippen LogP contribution in [0.1, 0.15) is 61.2 Å². The molecule has 0 fully saturated rings. The van der Waals surface area contributed by atoms with E-state index in [1.807, 2.05) is 0 Å². The summed E-state index contributed by atoms with van der Waals surface area (Å²) in [5, 5.41) is 65.6. The molecule has 0 aliphatic rings. The van der Waals surface area contributed by atoms with Crippen molar-refractivity contribution in [1.82, 2.24) is 0 Å². The van der Waals surface area contributed by atoms with Crippen molar-refractivity contribution in [2.45, 2.75) is 24.7 Å². The predicted octanol–water partition coefficient (Wildman–Crippen LogP) is 6.57. The van der Waals surface area contributed by atoms with Gasteiger partial charge in [-0.25, -0.2) is 0 Å². The van der Waals surface area contributed by atoms with Crippen molar-refractivity contribution in [2.75, 3.05) is 0 Å². The molecule has 0 spiro atoms. The predicted molar refractivity (Wildman–Crippen MR) is 138 cm³/mol. The minimum atomic E-state index is -5.95. The summed E-state index contributed by atoms with van der Waals surface area (Å²) in [6.45, 7) is 0. The summed E-state index contributed by atoms with van der Waals surface area (Å²) in [5.41, 5.74) is -22.7. The molecule has 3 aromatic rings. The lowest BCUT2D eigenvalue weighted by atomic mass is 9.86. The Labute approximate surface area is 270 Å². The van der Waals surface area contributed by atoms with Crippen molar-refractivity contribution in [3.8, 4) is 42.5 Å². The largest absolute Gasteiger partial charge is 0.417 e. The molecular weight excluding hydrogens is 698 g/mol. The van der Waals surface area contributed by atoms with E-state index in [1.165, 1.54) is 18.2 Å². The lowest BCUT2D eigenvalue weighted by Crippen LogP contribution is -2.28. The van der Waals surface area contributed by atoms with E-state index in [4.69, 9.17) is 0 Å². The lowest BCUT2D eigenvalue weighted by Gasteiger charge is -2.20. The molecule has 3 aromatic carbocycles. The van der Waals surface area contributed by atoms with E-state index in [0.717, 1.165) is 24.3 Å². The number of nitriles is 7. The number of nitrogens with zero attached hydrogens (tertiary/aromatic N) is 7. The van der Waals surface area contributed by atoms with Gasteiger partial charge < -0.3 is 0 Å². The maximum Gasteiger partial charge on any atom is 0.417 e. The van der Waals surface area contributed by atoms with Gasteiger partial charge in [0, 0.05) is 21.6 Å². The van der Waals surface area contributed by atoms with Gasteiger partial charge in [-0.15, -0.1) is 0 Å². The molecule has 0 aromatic heterocycles. The van der Waals surface area contributed by atoms with Crippen LogP contribution >= 0.6 is 0 Å². The minimum Gasteiger partial charge on any atom is -0.192 e. The average Bonchev–Trinajstić information content (AvgIpc) is 3.02. The van der Waals surface area contributed by atoms with Crippen LogP contribution in [0.5, 0.6) is 0 Å². The maximum atomic E-state index is 14.2. The highest BCUT2D eigenvalue weighted by Crippen LogP contribution is 2.45. The van der Waals surface area contributed by atoms with Gasteiger partial charge in [0.25, 0.3) is 0 Å². The first-order valence-corrected chi connectivity index (χ1v) is 12.5. The topological polar surface area (TPSA) is 167 Å². The summed E-state index contributed by atoms with van der Waals surface area (Å²) in [7, 11) is 0. The molecule has 0 bridgehead atoms. The van der Waals surface area contributed by atoms with Gasteiger partial charge in [-0.05, 0) is 30.3 Å². The smallest absolute Gasteiger partial charge is 0.192 e. The summed E-state index contributed by atoms with van der Waals surface area (Å²) < 4.78 is 168. The van der Waals surface area contributed by atoms with Gasteiger partial charge in [0.2, 0.25) is 0 Å². The number of hydrogen-bond donors (Lipinski definition) is 0. The van der Waals surface area contributed by atoms with E-state index in [2.05, 4.69) is 0 Å². The van der Waals surface area contributed by atoms with Crippen molar-refractivity contribution in [3.05, 3.63) is 102 Å². The fourth-order valence-electron chi connectivity index (χ4n) is 4.84. The first kappa shape index (κ1) is 37.4. The van der Waals surface area contributed by atoms with Gasteiger partial charge in [-0.2, -0.15) is 89.5 Å². The highest BCUT2D eigenvalue weighted by molar-refractivity contribution is 5.85. The van der Waals surface area contributed by atoms with Crippen molar-refractivity contribution in [3.63, 3.8) is 0 Å². The fourth-order valence-corrected chi connectivity index (χ4v) is 4.84. The molecular formula is C31H5F12N7. The molecule has 19 heteroatoms. The van der Waals surface area contributed by atoms with Gasteiger partial charge in [0.05, 0.1) is 79.4 Å². The first-order valence-electron chi connectivity index (χ1n) is 12.5. The third-order valence-electron chi connectivity index (χ3n) is 6.67. The Morgan fingerprint density at radius 3 is 1.14 bits per heavy atom. The third kappa shape index (κ3) is 6.69.